The van der Waals surface area contributed by atoms with Crippen molar-refractivity contribution < 1.29 is 19.1 Å². The first-order valence-electron chi connectivity index (χ1n) is 11.2. The molecule has 0 spiro atoms. The summed E-state index contributed by atoms with van der Waals surface area (Å²) in [4.78, 5) is 37.0. The minimum atomic E-state index is -0.424. The Morgan fingerprint density at radius 1 is 1.09 bits per heavy atom. The van der Waals surface area contributed by atoms with Crippen LogP contribution in [0, 0.1) is 6.92 Å². The van der Waals surface area contributed by atoms with Crippen LogP contribution in [0.1, 0.15) is 58.4 Å². The van der Waals surface area contributed by atoms with Gasteiger partial charge in [0.2, 0.25) is 5.91 Å². The predicted octanol–water partition coefficient (Wildman–Crippen LogP) is 3.91. The Morgan fingerprint density at radius 2 is 1.83 bits per heavy atom. The highest BCUT2D eigenvalue weighted by molar-refractivity contribution is 7.99. The molecule has 0 radical (unpaired) electrons. The lowest BCUT2D eigenvalue weighted by molar-refractivity contribution is -0.113. The molecule has 0 unspecified atom stereocenters. The molecular weight excluding hydrogens is 466 g/mol. The van der Waals surface area contributed by atoms with Crippen LogP contribution >= 0.6 is 11.8 Å². The average Bonchev–Trinajstić information content (AvgIpc) is 3.22. The molecule has 9 nitrogen and oxygen atoms in total. The third-order valence-electron chi connectivity index (χ3n) is 5.07. The van der Waals surface area contributed by atoms with E-state index in [4.69, 9.17) is 4.74 Å². The number of thioether (sulfide) groups is 1. The van der Waals surface area contributed by atoms with E-state index < -0.39 is 5.97 Å². The van der Waals surface area contributed by atoms with Gasteiger partial charge < -0.3 is 19.9 Å². The molecule has 35 heavy (non-hydrogen) atoms. The van der Waals surface area contributed by atoms with Crippen LogP contribution < -0.4 is 10.6 Å². The summed E-state index contributed by atoms with van der Waals surface area (Å²) in [7, 11) is 1.79. The number of carbonyl (C=O) groups is 3. The van der Waals surface area contributed by atoms with Crippen molar-refractivity contribution in [2.24, 2.45) is 7.05 Å². The van der Waals surface area contributed by atoms with Crippen LogP contribution in [-0.4, -0.2) is 44.9 Å². The molecule has 0 bridgehead atoms. The highest BCUT2D eigenvalue weighted by Crippen LogP contribution is 2.20. The number of nitrogens with zero attached hydrogens (tertiary/aromatic N) is 3. The summed E-state index contributed by atoms with van der Waals surface area (Å²) in [5.41, 5.74) is 2.53. The first-order valence-corrected chi connectivity index (χ1v) is 12.2. The van der Waals surface area contributed by atoms with E-state index in [1.165, 1.54) is 11.8 Å². The maximum absolute atomic E-state index is 12.5. The Labute approximate surface area is 208 Å². The Morgan fingerprint density at radius 3 is 2.54 bits per heavy atom. The number of esters is 1. The van der Waals surface area contributed by atoms with Crippen molar-refractivity contribution in [3.8, 4) is 0 Å². The van der Waals surface area contributed by atoms with E-state index >= 15 is 0 Å². The van der Waals surface area contributed by atoms with Crippen molar-refractivity contribution in [1.29, 1.82) is 0 Å². The summed E-state index contributed by atoms with van der Waals surface area (Å²) in [5, 5.41) is 14.6. The molecule has 0 aliphatic carbocycles. The van der Waals surface area contributed by atoms with E-state index in [-0.39, 0.29) is 23.6 Å². The standard InChI is InChI=1S/C25H29N5O4S/c1-5-13-34-24(33)19-7-6-8-20(14-19)27-21(31)15-35-25-29-28-22(30(25)4)17(3)26-23(32)18-11-9-16(2)10-12-18/h6-12,14,17H,5,13,15H2,1-4H3,(H,26,32)(H,27,31)/t17-/m0/s1. The van der Waals surface area contributed by atoms with Crippen LogP contribution in [0.2, 0.25) is 0 Å². The van der Waals surface area contributed by atoms with Gasteiger partial charge in [0.1, 0.15) is 0 Å². The van der Waals surface area contributed by atoms with Crippen LogP contribution in [0.3, 0.4) is 0 Å². The van der Waals surface area contributed by atoms with Gasteiger partial charge in [0, 0.05) is 18.3 Å². The van der Waals surface area contributed by atoms with Gasteiger partial charge in [0.25, 0.3) is 5.91 Å². The minimum absolute atomic E-state index is 0.0978. The maximum atomic E-state index is 12.5. The molecule has 1 atom stereocenters. The summed E-state index contributed by atoms with van der Waals surface area (Å²) in [6, 6.07) is 13.6. The fourth-order valence-corrected chi connectivity index (χ4v) is 3.93. The number of carbonyl (C=O) groups excluding carboxylic acids is 3. The molecule has 2 aromatic carbocycles. The fraction of sp³-hybridized carbons (Fsp3) is 0.320. The highest BCUT2D eigenvalue weighted by Gasteiger charge is 2.19. The number of aryl methyl sites for hydroxylation is 1. The number of hydrogen-bond donors (Lipinski definition) is 2. The van der Waals surface area contributed by atoms with E-state index in [0.29, 0.717) is 34.4 Å². The predicted molar refractivity (Wildman–Crippen MR) is 134 cm³/mol. The molecule has 3 rings (SSSR count). The number of hydrogen-bond acceptors (Lipinski definition) is 7. The number of ether oxygens (including phenoxy) is 1. The van der Waals surface area contributed by atoms with E-state index in [2.05, 4.69) is 20.8 Å². The van der Waals surface area contributed by atoms with Gasteiger partial charge in [-0.15, -0.1) is 10.2 Å². The van der Waals surface area contributed by atoms with E-state index in [1.54, 1.807) is 48.0 Å². The third-order valence-corrected chi connectivity index (χ3v) is 6.09. The summed E-state index contributed by atoms with van der Waals surface area (Å²) in [5.74, 6) is -0.200. The van der Waals surface area contributed by atoms with Crippen LogP contribution in [0.4, 0.5) is 5.69 Å². The number of rotatable bonds is 10. The van der Waals surface area contributed by atoms with Gasteiger partial charge in [-0.2, -0.15) is 0 Å². The number of nitrogens with one attached hydrogen (secondary N) is 2. The topological polar surface area (TPSA) is 115 Å². The van der Waals surface area contributed by atoms with Gasteiger partial charge in [-0.25, -0.2) is 4.79 Å². The third kappa shape index (κ3) is 7.16. The minimum Gasteiger partial charge on any atom is -0.462 e. The first-order chi connectivity index (χ1) is 16.8. The molecule has 0 saturated carbocycles. The molecule has 10 heteroatoms. The van der Waals surface area contributed by atoms with Crippen LogP contribution in [0.25, 0.3) is 0 Å². The first kappa shape index (κ1) is 26.0. The number of benzene rings is 2. The molecule has 0 saturated heterocycles. The molecule has 0 aliphatic rings. The Balaban J connectivity index is 1.55. The van der Waals surface area contributed by atoms with Crippen molar-refractivity contribution in [3.05, 3.63) is 71.0 Å². The van der Waals surface area contributed by atoms with Crippen molar-refractivity contribution in [2.75, 3.05) is 17.7 Å². The number of amides is 2. The zero-order valence-electron chi connectivity index (χ0n) is 20.2. The molecule has 184 valence electrons. The second kappa shape index (κ2) is 12.2. The fourth-order valence-electron chi connectivity index (χ4n) is 3.21. The van der Waals surface area contributed by atoms with Crippen molar-refractivity contribution >= 4 is 35.2 Å². The smallest absolute Gasteiger partial charge is 0.338 e. The summed E-state index contributed by atoms with van der Waals surface area (Å²) in [6.45, 7) is 6.06. The van der Waals surface area contributed by atoms with Crippen molar-refractivity contribution in [1.82, 2.24) is 20.1 Å². The lowest BCUT2D eigenvalue weighted by Gasteiger charge is -2.14. The van der Waals surface area contributed by atoms with E-state index in [0.717, 1.165) is 12.0 Å². The number of aromatic nitrogens is 3. The zero-order chi connectivity index (χ0) is 25.4. The molecule has 2 amide bonds. The van der Waals surface area contributed by atoms with Gasteiger partial charge in [-0.1, -0.05) is 42.4 Å². The summed E-state index contributed by atoms with van der Waals surface area (Å²) in [6.07, 6.45) is 0.737. The van der Waals surface area contributed by atoms with E-state index in [1.807, 2.05) is 32.9 Å². The maximum Gasteiger partial charge on any atom is 0.338 e. The van der Waals surface area contributed by atoms with Crippen molar-refractivity contribution in [2.45, 2.75) is 38.4 Å². The van der Waals surface area contributed by atoms with Crippen LogP contribution in [-0.2, 0) is 16.6 Å². The zero-order valence-corrected chi connectivity index (χ0v) is 21.0. The van der Waals surface area contributed by atoms with Crippen LogP contribution in [0.5, 0.6) is 0 Å². The molecule has 1 aromatic heterocycles. The Hall–Kier alpha value is -3.66. The normalized spacial score (nSPS) is 11.5. The van der Waals surface area contributed by atoms with Gasteiger partial charge in [0.15, 0.2) is 11.0 Å². The van der Waals surface area contributed by atoms with Crippen LogP contribution in [0.15, 0.2) is 53.7 Å². The monoisotopic (exact) mass is 495 g/mol. The molecule has 0 aliphatic heterocycles. The SMILES string of the molecule is CCCOC(=O)c1cccc(NC(=O)CSc2nnc([C@H](C)NC(=O)c3ccc(C)cc3)n2C)c1. The number of anilines is 1. The molecule has 3 aromatic rings. The van der Waals surface area contributed by atoms with Crippen molar-refractivity contribution in [3.63, 3.8) is 0 Å². The Kier molecular flexibility index (Phi) is 9.02. The quantitative estimate of drug-likeness (QED) is 0.324. The molecule has 2 N–H and O–H groups in total. The second-order valence-electron chi connectivity index (χ2n) is 8.01. The Bertz CT molecular complexity index is 1190. The van der Waals surface area contributed by atoms with Gasteiger partial charge in [-0.3, -0.25) is 9.59 Å². The summed E-state index contributed by atoms with van der Waals surface area (Å²) >= 11 is 1.22. The average molecular weight is 496 g/mol. The van der Waals surface area contributed by atoms with Gasteiger partial charge in [0.05, 0.1) is 24.0 Å². The lowest BCUT2D eigenvalue weighted by Crippen LogP contribution is -2.28. The lowest BCUT2D eigenvalue weighted by atomic mass is 10.1. The largest absolute Gasteiger partial charge is 0.462 e. The molecular formula is C25H29N5O4S. The second-order valence-corrected chi connectivity index (χ2v) is 8.96. The highest BCUT2D eigenvalue weighted by atomic mass is 32.2. The van der Waals surface area contributed by atoms with Gasteiger partial charge >= 0.3 is 5.97 Å². The molecule has 0 fully saturated rings. The molecule has 1 heterocycles. The summed E-state index contributed by atoms with van der Waals surface area (Å²) < 4.78 is 6.88. The van der Waals surface area contributed by atoms with E-state index in [9.17, 15) is 14.4 Å². The van der Waals surface area contributed by atoms with Gasteiger partial charge in [-0.05, 0) is 50.6 Å².